The molecule has 0 radical (unpaired) electrons. The van der Waals surface area contributed by atoms with Crippen LogP contribution in [-0.4, -0.2) is 35.2 Å². The third kappa shape index (κ3) is 4.72. The number of aromatic nitrogens is 2. The molecule has 2 heterocycles. The van der Waals surface area contributed by atoms with Gasteiger partial charge in [0.15, 0.2) is 0 Å². The van der Waals surface area contributed by atoms with E-state index >= 15 is 0 Å². The molecule has 0 aliphatic carbocycles. The molecule has 1 aromatic carbocycles. The SMILES string of the molecule is CCN(CC)c1ccc(/C=N/NC(=O)c2cc(-c3cccs3)[nH]c(=O)n2)cc1. The number of carbonyl (C=O) groups excluding carboxylic acids is 1. The Balaban J connectivity index is 1.68. The number of anilines is 1. The molecule has 28 heavy (non-hydrogen) atoms. The lowest BCUT2D eigenvalue weighted by Crippen LogP contribution is -2.24. The molecule has 0 aliphatic heterocycles. The largest absolute Gasteiger partial charge is 0.372 e. The van der Waals surface area contributed by atoms with Gasteiger partial charge in [0, 0.05) is 18.8 Å². The molecule has 3 rings (SSSR count). The molecule has 0 atom stereocenters. The van der Waals surface area contributed by atoms with Crippen LogP contribution >= 0.6 is 11.3 Å². The van der Waals surface area contributed by atoms with Crippen LogP contribution < -0.4 is 16.0 Å². The molecular formula is C20H21N5O2S. The number of hydrogen-bond acceptors (Lipinski definition) is 6. The maximum Gasteiger partial charge on any atom is 0.346 e. The molecule has 8 heteroatoms. The summed E-state index contributed by atoms with van der Waals surface area (Å²) in [5.41, 5.74) is 4.40. The molecule has 0 unspecified atom stereocenters. The zero-order chi connectivity index (χ0) is 19.9. The third-order valence-corrected chi connectivity index (χ3v) is 5.07. The van der Waals surface area contributed by atoms with Gasteiger partial charge in [0.2, 0.25) is 0 Å². The summed E-state index contributed by atoms with van der Waals surface area (Å²) < 4.78 is 0. The zero-order valence-electron chi connectivity index (χ0n) is 15.7. The van der Waals surface area contributed by atoms with Crippen molar-refractivity contribution in [3.8, 4) is 10.6 Å². The normalized spacial score (nSPS) is 10.9. The lowest BCUT2D eigenvalue weighted by molar-refractivity contribution is 0.0949. The van der Waals surface area contributed by atoms with Crippen LogP contribution in [0, 0.1) is 0 Å². The predicted molar refractivity (Wildman–Crippen MR) is 113 cm³/mol. The number of hydrogen-bond donors (Lipinski definition) is 2. The minimum absolute atomic E-state index is 0.0150. The first kappa shape index (κ1) is 19.5. The average molecular weight is 395 g/mol. The second kappa shape index (κ2) is 9.09. The highest BCUT2D eigenvalue weighted by Gasteiger charge is 2.11. The molecule has 2 aromatic heterocycles. The average Bonchev–Trinajstić information content (AvgIpc) is 3.24. The van der Waals surface area contributed by atoms with Gasteiger partial charge in [0.25, 0.3) is 5.91 Å². The number of nitrogens with zero attached hydrogens (tertiary/aromatic N) is 3. The van der Waals surface area contributed by atoms with Crippen LogP contribution in [0.15, 0.2) is 57.7 Å². The Kier molecular flexibility index (Phi) is 6.33. The molecule has 0 spiro atoms. The lowest BCUT2D eigenvalue weighted by atomic mass is 10.2. The summed E-state index contributed by atoms with van der Waals surface area (Å²) in [6, 6.07) is 13.2. The van der Waals surface area contributed by atoms with Crippen LogP contribution in [0.1, 0.15) is 29.9 Å². The van der Waals surface area contributed by atoms with Crippen molar-refractivity contribution < 1.29 is 4.79 Å². The molecule has 1 amide bonds. The second-order valence-electron chi connectivity index (χ2n) is 5.93. The third-order valence-electron chi connectivity index (χ3n) is 4.17. The molecular weight excluding hydrogens is 374 g/mol. The minimum Gasteiger partial charge on any atom is -0.372 e. The summed E-state index contributed by atoms with van der Waals surface area (Å²) >= 11 is 1.46. The quantitative estimate of drug-likeness (QED) is 0.475. The first-order chi connectivity index (χ1) is 13.6. The molecule has 3 aromatic rings. The fourth-order valence-electron chi connectivity index (χ4n) is 2.72. The zero-order valence-corrected chi connectivity index (χ0v) is 16.5. The van der Waals surface area contributed by atoms with E-state index in [1.54, 1.807) is 6.21 Å². The minimum atomic E-state index is -0.577. The van der Waals surface area contributed by atoms with E-state index in [9.17, 15) is 9.59 Å². The Morgan fingerprint density at radius 1 is 1.25 bits per heavy atom. The second-order valence-corrected chi connectivity index (χ2v) is 6.87. The van der Waals surface area contributed by atoms with Gasteiger partial charge in [-0.15, -0.1) is 11.3 Å². The van der Waals surface area contributed by atoms with Crippen molar-refractivity contribution in [2.45, 2.75) is 13.8 Å². The summed E-state index contributed by atoms with van der Waals surface area (Å²) in [4.78, 5) is 33.5. The van der Waals surface area contributed by atoms with Crippen molar-refractivity contribution in [2.24, 2.45) is 5.10 Å². The number of rotatable bonds is 7. The summed E-state index contributed by atoms with van der Waals surface area (Å²) in [5, 5.41) is 5.86. The van der Waals surface area contributed by atoms with Gasteiger partial charge < -0.3 is 9.88 Å². The number of thiophene rings is 1. The number of aromatic amines is 1. The lowest BCUT2D eigenvalue weighted by Gasteiger charge is -2.20. The maximum absolute atomic E-state index is 12.3. The van der Waals surface area contributed by atoms with Gasteiger partial charge in [-0.3, -0.25) is 4.79 Å². The predicted octanol–water partition coefficient (Wildman–Crippen LogP) is 3.11. The van der Waals surface area contributed by atoms with Crippen LogP contribution in [0.5, 0.6) is 0 Å². The van der Waals surface area contributed by atoms with Crippen molar-refractivity contribution in [1.29, 1.82) is 0 Å². The van der Waals surface area contributed by atoms with Crippen molar-refractivity contribution >= 4 is 29.1 Å². The summed E-state index contributed by atoms with van der Waals surface area (Å²) in [6.45, 7) is 6.11. The van der Waals surface area contributed by atoms with Crippen molar-refractivity contribution in [1.82, 2.24) is 15.4 Å². The fourth-order valence-corrected chi connectivity index (χ4v) is 3.42. The summed E-state index contributed by atoms with van der Waals surface area (Å²) in [7, 11) is 0. The Labute approximate surface area is 166 Å². The summed E-state index contributed by atoms with van der Waals surface area (Å²) in [6.07, 6.45) is 1.55. The molecule has 144 valence electrons. The van der Waals surface area contributed by atoms with Crippen molar-refractivity contribution in [2.75, 3.05) is 18.0 Å². The van der Waals surface area contributed by atoms with Gasteiger partial charge in [0.05, 0.1) is 16.8 Å². The Morgan fingerprint density at radius 2 is 2.00 bits per heavy atom. The number of amides is 1. The van der Waals surface area contributed by atoms with Gasteiger partial charge >= 0.3 is 5.69 Å². The van der Waals surface area contributed by atoms with Crippen molar-refractivity contribution in [3.05, 3.63) is 69.6 Å². The molecule has 0 saturated carbocycles. The van der Waals surface area contributed by atoms with E-state index in [2.05, 4.69) is 39.2 Å². The first-order valence-corrected chi connectivity index (χ1v) is 9.82. The van der Waals surface area contributed by atoms with Gasteiger partial charge in [-0.25, -0.2) is 10.2 Å². The van der Waals surface area contributed by atoms with E-state index in [0.717, 1.165) is 29.2 Å². The maximum atomic E-state index is 12.3. The van der Waals surface area contributed by atoms with Gasteiger partial charge in [-0.05, 0) is 49.1 Å². The number of H-pyrrole nitrogens is 1. The van der Waals surface area contributed by atoms with Gasteiger partial charge in [0.1, 0.15) is 5.69 Å². The number of benzene rings is 1. The number of carbonyl (C=O) groups is 1. The van der Waals surface area contributed by atoms with E-state index in [1.165, 1.54) is 17.4 Å². The highest BCUT2D eigenvalue weighted by molar-refractivity contribution is 7.13. The molecule has 7 nitrogen and oxygen atoms in total. The van der Waals surface area contributed by atoms with Crippen LogP contribution in [0.3, 0.4) is 0 Å². The van der Waals surface area contributed by atoms with E-state index in [0.29, 0.717) is 5.69 Å². The smallest absolute Gasteiger partial charge is 0.346 e. The van der Waals surface area contributed by atoms with E-state index < -0.39 is 11.6 Å². The Hall–Kier alpha value is -3.26. The van der Waals surface area contributed by atoms with Crippen molar-refractivity contribution in [3.63, 3.8) is 0 Å². The Bertz CT molecular complexity index is 1010. The molecule has 2 N–H and O–H groups in total. The standard InChI is InChI=1S/C20H21N5O2S/c1-3-25(4-2)15-9-7-14(8-10-15)13-21-24-19(26)17-12-16(22-20(27)23-17)18-6-5-11-28-18/h5-13H,3-4H2,1-2H3,(H,24,26)(H,22,23,27)/b21-13+. The Morgan fingerprint density at radius 3 is 2.64 bits per heavy atom. The van der Waals surface area contributed by atoms with Crippen LogP contribution in [0.25, 0.3) is 10.6 Å². The van der Waals surface area contributed by atoms with Crippen LogP contribution in [0.2, 0.25) is 0 Å². The topological polar surface area (TPSA) is 90.5 Å². The van der Waals surface area contributed by atoms with E-state index in [4.69, 9.17) is 0 Å². The molecule has 0 bridgehead atoms. The molecule has 0 aliphatic rings. The van der Waals surface area contributed by atoms with Gasteiger partial charge in [-0.2, -0.15) is 10.1 Å². The molecule has 0 fully saturated rings. The van der Waals surface area contributed by atoms with Crippen LogP contribution in [0.4, 0.5) is 5.69 Å². The summed E-state index contributed by atoms with van der Waals surface area (Å²) in [5.74, 6) is -0.542. The number of hydrazone groups is 1. The molecule has 0 saturated heterocycles. The van der Waals surface area contributed by atoms with Gasteiger partial charge in [-0.1, -0.05) is 18.2 Å². The van der Waals surface area contributed by atoms with Crippen LogP contribution in [-0.2, 0) is 0 Å². The number of nitrogens with one attached hydrogen (secondary N) is 2. The van der Waals surface area contributed by atoms with E-state index in [-0.39, 0.29) is 5.69 Å². The fraction of sp³-hybridized carbons (Fsp3) is 0.200. The van der Waals surface area contributed by atoms with E-state index in [1.807, 2.05) is 41.8 Å². The highest BCUT2D eigenvalue weighted by Crippen LogP contribution is 2.21. The monoisotopic (exact) mass is 395 g/mol. The highest BCUT2D eigenvalue weighted by atomic mass is 32.1. The first-order valence-electron chi connectivity index (χ1n) is 8.94.